The van der Waals surface area contributed by atoms with E-state index in [0.29, 0.717) is 36.0 Å². The summed E-state index contributed by atoms with van der Waals surface area (Å²) in [6.45, 7) is 1.40. The summed E-state index contributed by atoms with van der Waals surface area (Å²) in [4.78, 5) is 17.3. The Balaban J connectivity index is 1.48. The maximum atomic E-state index is 13.2. The molecule has 1 aromatic heterocycles. The van der Waals surface area contributed by atoms with Crippen LogP contribution in [0.15, 0.2) is 84.2 Å². The number of aromatic nitrogens is 1. The van der Waals surface area contributed by atoms with E-state index >= 15 is 0 Å². The third-order valence-electron chi connectivity index (χ3n) is 5.37. The molecule has 0 radical (unpaired) electrons. The maximum absolute atomic E-state index is 13.2. The van der Waals surface area contributed by atoms with E-state index in [0.717, 1.165) is 23.3 Å². The first-order chi connectivity index (χ1) is 17.3. The molecule has 4 aromatic rings. The number of alkyl halides is 3. The third-order valence-corrected chi connectivity index (χ3v) is 6.20. The number of benzene rings is 3. The average Bonchev–Trinajstić information content (AvgIpc) is 3.33. The van der Waals surface area contributed by atoms with Crippen LogP contribution in [0.25, 0.3) is 0 Å². The standard InChI is InChI=1S/C27H23F3N2O3S/c28-27(29,30)22-8-4-7-21(13-22)15-32(16-25-31-24(18-36-25)26(33)34)14-19-9-11-23(12-10-19)35-17-20-5-2-1-3-6-20/h1-13,18H,14-17H2,(H,33,34). The van der Waals surface area contributed by atoms with E-state index in [1.807, 2.05) is 59.5 Å². The number of aromatic carboxylic acids is 1. The molecule has 0 unspecified atom stereocenters. The normalized spacial score (nSPS) is 11.6. The molecule has 9 heteroatoms. The monoisotopic (exact) mass is 512 g/mol. The second-order valence-corrected chi connectivity index (χ2v) is 9.14. The molecule has 0 saturated heterocycles. The molecule has 1 N–H and O–H groups in total. The maximum Gasteiger partial charge on any atom is 0.416 e. The Kier molecular flexibility index (Phi) is 8.02. The molecule has 3 aromatic carbocycles. The van der Waals surface area contributed by atoms with Gasteiger partial charge in [-0.05, 0) is 34.9 Å². The van der Waals surface area contributed by atoms with Crippen molar-refractivity contribution in [3.05, 3.63) is 117 Å². The number of hydrogen-bond donors (Lipinski definition) is 1. The number of halogens is 3. The van der Waals surface area contributed by atoms with Crippen molar-refractivity contribution in [2.24, 2.45) is 0 Å². The topological polar surface area (TPSA) is 62.7 Å². The highest BCUT2D eigenvalue weighted by Crippen LogP contribution is 2.30. The van der Waals surface area contributed by atoms with Gasteiger partial charge < -0.3 is 9.84 Å². The van der Waals surface area contributed by atoms with E-state index in [4.69, 9.17) is 9.84 Å². The van der Waals surface area contributed by atoms with Crippen LogP contribution < -0.4 is 4.74 Å². The second kappa shape index (κ2) is 11.4. The lowest BCUT2D eigenvalue weighted by atomic mass is 10.1. The molecule has 186 valence electrons. The van der Waals surface area contributed by atoms with Crippen molar-refractivity contribution in [1.82, 2.24) is 9.88 Å². The molecule has 0 aliphatic rings. The van der Waals surface area contributed by atoms with E-state index in [-0.39, 0.29) is 12.2 Å². The zero-order chi connectivity index (χ0) is 25.5. The van der Waals surface area contributed by atoms with Gasteiger partial charge in [-0.15, -0.1) is 11.3 Å². The Hall–Kier alpha value is -3.69. The van der Waals surface area contributed by atoms with Crippen LogP contribution in [0.3, 0.4) is 0 Å². The van der Waals surface area contributed by atoms with Crippen LogP contribution in [0.5, 0.6) is 5.75 Å². The molecule has 0 bridgehead atoms. The van der Waals surface area contributed by atoms with Gasteiger partial charge in [0.25, 0.3) is 0 Å². The van der Waals surface area contributed by atoms with Gasteiger partial charge in [-0.3, -0.25) is 4.90 Å². The predicted octanol–water partition coefficient (Wildman–Crippen LogP) is 6.64. The molecule has 0 fully saturated rings. The molecular formula is C27H23F3N2O3S. The van der Waals surface area contributed by atoms with Crippen LogP contribution in [-0.2, 0) is 32.4 Å². The quantitative estimate of drug-likeness (QED) is 0.258. The Labute approximate surface area is 210 Å². The number of ether oxygens (including phenoxy) is 1. The summed E-state index contributed by atoms with van der Waals surface area (Å²) < 4.78 is 45.4. The zero-order valence-electron chi connectivity index (χ0n) is 19.1. The average molecular weight is 513 g/mol. The van der Waals surface area contributed by atoms with Crippen LogP contribution in [0.2, 0.25) is 0 Å². The lowest BCUT2D eigenvalue weighted by molar-refractivity contribution is -0.137. The van der Waals surface area contributed by atoms with Crippen molar-refractivity contribution in [3.8, 4) is 5.75 Å². The van der Waals surface area contributed by atoms with Gasteiger partial charge in [0, 0.05) is 18.5 Å². The Morgan fingerprint density at radius 3 is 2.25 bits per heavy atom. The summed E-state index contributed by atoms with van der Waals surface area (Å²) in [7, 11) is 0. The van der Waals surface area contributed by atoms with Gasteiger partial charge in [0.1, 0.15) is 17.4 Å². The lowest BCUT2D eigenvalue weighted by Gasteiger charge is -2.22. The van der Waals surface area contributed by atoms with Gasteiger partial charge in [0.2, 0.25) is 0 Å². The number of nitrogens with zero attached hydrogens (tertiary/aromatic N) is 2. The van der Waals surface area contributed by atoms with Crippen molar-refractivity contribution in [2.45, 2.75) is 32.4 Å². The number of carboxylic acid groups (broad SMARTS) is 1. The van der Waals surface area contributed by atoms with Gasteiger partial charge in [0.05, 0.1) is 12.1 Å². The Bertz CT molecular complexity index is 1290. The number of carbonyl (C=O) groups is 1. The summed E-state index contributed by atoms with van der Waals surface area (Å²) in [6.07, 6.45) is -4.43. The first kappa shape index (κ1) is 25.4. The zero-order valence-corrected chi connectivity index (χ0v) is 19.9. The summed E-state index contributed by atoms with van der Waals surface area (Å²) in [5, 5.41) is 11.2. The van der Waals surface area contributed by atoms with Crippen molar-refractivity contribution in [3.63, 3.8) is 0 Å². The predicted molar refractivity (Wildman–Crippen MR) is 131 cm³/mol. The van der Waals surface area contributed by atoms with Crippen molar-refractivity contribution >= 4 is 17.3 Å². The third kappa shape index (κ3) is 7.16. The van der Waals surface area contributed by atoms with Crippen molar-refractivity contribution < 1.29 is 27.8 Å². The summed E-state index contributed by atoms with van der Waals surface area (Å²) in [6, 6.07) is 22.5. The summed E-state index contributed by atoms with van der Waals surface area (Å²) in [5.74, 6) is -0.411. The fourth-order valence-corrected chi connectivity index (χ4v) is 4.44. The van der Waals surface area contributed by atoms with E-state index in [9.17, 15) is 18.0 Å². The highest BCUT2D eigenvalue weighted by atomic mass is 32.1. The molecule has 0 saturated carbocycles. The molecule has 36 heavy (non-hydrogen) atoms. The molecule has 0 amide bonds. The minimum absolute atomic E-state index is 0.0473. The van der Waals surface area contributed by atoms with E-state index in [1.165, 1.54) is 22.8 Å². The highest BCUT2D eigenvalue weighted by molar-refractivity contribution is 7.09. The minimum Gasteiger partial charge on any atom is -0.489 e. The SMILES string of the molecule is O=C(O)c1csc(CN(Cc2ccc(OCc3ccccc3)cc2)Cc2cccc(C(F)(F)F)c2)n1. The van der Waals surface area contributed by atoms with Gasteiger partial charge in [-0.1, -0.05) is 60.7 Å². The molecule has 1 heterocycles. The fraction of sp³-hybridized carbons (Fsp3) is 0.185. The van der Waals surface area contributed by atoms with Gasteiger partial charge in [-0.25, -0.2) is 9.78 Å². The van der Waals surface area contributed by atoms with Crippen LogP contribution in [-0.4, -0.2) is 21.0 Å². The largest absolute Gasteiger partial charge is 0.489 e. The van der Waals surface area contributed by atoms with Gasteiger partial charge in [-0.2, -0.15) is 13.2 Å². The summed E-state index contributed by atoms with van der Waals surface area (Å²) in [5.41, 5.74) is 1.74. The second-order valence-electron chi connectivity index (χ2n) is 8.19. The number of carboxylic acids is 1. The highest BCUT2D eigenvalue weighted by Gasteiger charge is 2.30. The molecular weight excluding hydrogens is 489 g/mol. The van der Waals surface area contributed by atoms with Gasteiger partial charge >= 0.3 is 12.1 Å². The van der Waals surface area contributed by atoms with Gasteiger partial charge in [0.15, 0.2) is 5.69 Å². The van der Waals surface area contributed by atoms with Crippen LogP contribution in [0, 0.1) is 0 Å². The summed E-state index contributed by atoms with van der Waals surface area (Å²) >= 11 is 1.21. The van der Waals surface area contributed by atoms with E-state index in [2.05, 4.69) is 4.98 Å². The van der Waals surface area contributed by atoms with E-state index < -0.39 is 17.7 Å². The lowest BCUT2D eigenvalue weighted by Crippen LogP contribution is -2.22. The van der Waals surface area contributed by atoms with Crippen LogP contribution in [0.1, 0.15) is 37.7 Å². The Morgan fingerprint density at radius 1 is 0.889 bits per heavy atom. The number of thiazole rings is 1. The first-order valence-electron chi connectivity index (χ1n) is 11.1. The molecule has 0 atom stereocenters. The minimum atomic E-state index is -4.43. The molecule has 4 rings (SSSR count). The molecule has 0 aliphatic carbocycles. The molecule has 0 spiro atoms. The fourth-order valence-electron chi connectivity index (χ4n) is 3.64. The van der Waals surface area contributed by atoms with Crippen LogP contribution in [0.4, 0.5) is 13.2 Å². The van der Waals surface area contributed by atoms with E-state index in [1.54, 1.807) is 6.07 Å². The number of rotatable bonds is 10. The molecule has 0 aliphatic heterocycles. The van der Waals surface area contributed by atoms with Crippen molar-refractivity contribution in [2.75, 3.05) is 0 Å². The van der Waals surface area contributed by atoms with Crippen LogP contribution >= 0.6 is 11.3 Å². The smallest absolute Gasteiger partial charge is 0.416 e. The van der Waals surface area contributed by atoms with Crippen molar-refractivity contribution in [1.29, 1.82) is 0 Å². The first-order valence-corrected chi connectivity index (χ1v) is 12.0. The Morgan fingerprint density at radius 2 is 1.58 bits per heavy atom. The number of hydrogen-bond acceptors (Lipinski definition) is 5. The molecule has 5 nitrogen and oxygen atoms in total.